The number of phenolic OH excluding ortho intramolecular Hbond substituents is 2. The second kappa shape index (κ2) is 11.2. The Morgan fingerprint density at radius 1 is 0.611 bits per heavy atom. The van der Waals surface area contributed by atoms with Crippen LogP contribution in [0.4, 0.5) is 0 Å². The predicted molar refractivity (Wildman–Crippen MR) is 150 cm³/mol. The number of aryl methyl sites for hydroxylation is 2. The Morgan fingerprint density at radius 3 is 1.47 bits per heavy atom. The molecular formula is C34H48O2. The standard InChI is InChI=1S/C34H48O2/c1-3-5-7-9-11-26-22-28(13-15-32(26)35)34(30-18-24-17-25(20-30)21-31(34)19-24)29-14-16-33(36)27(23-29)12-10-8-6-4-2/h13-16,22-25,30-31,35-36H,3-12,17-21H2,1-2H3. The van der Waals surface area contributed by atoms with Crippen molar-refractivity contribution in [3.8, 4) is 11.5 Å². The molecule has 2 nitrogen and oxygen atoms in total. The minimum Gasteiger partial charge on any atom is -0.508 e. The first-order chi connectivity index (χ1) is 17.6. The van der Waals surface area contributed by atoms with Gasteiger partial charge in [-0.1, -0.05) is 76.6 Å². The van der Waals surface area contributed by atoms with Crippen LogP contribution in [0, 0.1) is 23.7 Å². The van der Waals surface area contributed by atoms with Crippen molar-refractivity contribution in [2.24, 2.45) is 23.7 Å². The molecule has 4 bridgehead atoms. The van der Waals surface area contributed by atoms with E-state index in [4.69, 9.17) is 0 Å². The van der Waals surface area contributed by atoms with Crippen molar-refractivity contribution in [3.63, 3.8) is 0 Å². The third kappa shape index (κ3) is 4.82. The van der Waals surface area contributed by atoms with E-state index in [-0.39, 0.29) is 5.41 Å². The highest BCUT2D eigenvalue weighted by atomic mass is 16.3. The summed E-state index contributed by atoms with van der Waals surface area (Å²) in [4.78, 5) is 0. The molecule has 0 aliphatic heterocycles. The first-order valence-electron chi connectivity index (χ1n) is 15.2. The van der Waals surface area contributed by atoms with Crippen molar-refractivity contribution >= 4 is 0 Å². The monoisotopic (exact) mass is 488 g/mol. The summed E-state index contributed by atoms with van der Waals surface area (Å²) in [7, 11) is 0. The van der Waals surface area contributed by atoms with Crippen LogP contribution in [0.1, 0.15) is 120 Å². The lowest BCUT2D eigenvalue weighted by Gasteiger charge is -2.62. The summed E-state index contributed by atoms with van der Waals surface area (Å²) >= 11 is 0. The lowest BCUT2D eigenvalue weighted by molar-refractivity contribution is -0.0419. The minimum atomic E-state index is 0.0190. The lowest BCUT2D eigenvalue weighted by Crippen LogP contribution is -2.56. The molecule has 4 aliphatic carbocycles. The molecule has 0 aromatic heterocycles. The molecule has 0 radical (unpaired) electrons. The number of benzene rings is 2. The topological polar surface area (TPSA) is 40.5 Å². The van der Waals surface area contributed by atoms with Crippen LogP contribution in [0.25, 0.3) is 0 Å². The van der Waals surface area contributed by atoms with E-state index >= 15 is 0 Å². The molecule has 0 amide bonds. The number of unbranched alkanes of at least 4 members (excludes halogenated alkanes) is 6. The summed E-state index contributed by atoms with van der Waals surface area (Å²) in [6.07, 6.45) is 18.5. The molecule has 2 aromatic rings. The Labute approximate surface area is 219 Å². The van der Waals surface area contributed by atoms with E-state index in [1.807, 2.05) is 12.1 Å². The van der Waals surface area contributed by atoms with Crippen molar-refractivity contribution in [2.75, 3.05) is 0 Å². The van der Waals surface area contributed by atoms with Gasteiger partial charge in [-0.05, 0) is 116 Å². The molecule has 4 aliphatic rings. The number of rotatable bonds is 12. The Morgan fingerprint density at radius 2 is 1.06 bits per heavy atom. The van der Waals surface area contributed by atoms with Gasteiger partial charge in [-0.2, -0.15) is 0 Å². The molecule has 36 heavy (non-hydrogen) atoms. The third-order valence-electron chi connectivity index (χ3n) is 10.1. The summed E-state index contributed by atoms with van der Waals surface area (Å²) in [6.45, 7) is 4.51. The van der Waals surface area contributed by atoms with Gasteiger partial charge in [0.25, 0.3) is 0 Å². The average molecular weight is 489 g/mol. The van der Waals surface area contributed by atoms with Crippen LogP contribution < -0.4 is 0 Å². The molecule has 0 spiro atoms. The van der Waals surface area contributed by atoms with Crippen LogP contribution in [0.5, 0.6) is 11.5 Å². The number of aromatic hydroxyl groups is 2. The van der Waals surface area contributed by atoms with Crippen LogP contribution in [-0.2, 0) is 18.3 Å². The second-order valence-corrected chi connectivity index (χ2v) is 12.5. The highest BCUT2D eigenvalue weighted by Gasteiger charge is 2.58. The normalized spacial score (nSPS) is 25.9. The zero-order valence-corrected chi connectivity index (χ0v) is 22.8. The lowest BCUT2D eigenvalue weighted by atomic mass is 9.42. The van der Waals surface area contributed by atoms with Crippen molar-refractivity contribution in [1.82, 2.24) is 0 Å². The van der Waals surface area contributed by atoms with Gasteiger partial charge < -0.3 is 10.2 Å². The maximum atomic E-state index is 10.8. The van der Waals surface area contributed by atoms with Crippen LogP contribution >= 0.6 is 0 Å². The van der Waals surface area contributed by atoms with Crippen molar-refractivity contribution in [1.29, 1.82) is 0 Å². The Hall–Kier alpha value is -1.96. The quantitative estimate of drug-likeness (QED) is 0.292. The summed E-state index contributed by atoms with van der Waals surface area (Å²) in [5.74, 6) is 4.08. The fraction of sp³-hybridized carbons (Fsp3) is 0.647. The Bertz CT molecular complexity index is 930. The Balaban J connectivity index is 1.54. The molecule has 0 atom stereocenters. The summed E-state index contributed by atoms with van der Waals surface area (Å²) < 4.78 is 0. The van der Waals surface area contributed by atoms with Crippen LogP contribution in [0.2, 0.25) is 0 Å². The zero-order chi connectivity index (χ0) is 25.1. The van der Waals surface area contributed by atoms with Gasteiger partial charge in [-0.25, -0.2) is 0 Å². The smallest absolute Gasteiger partial charge is 0.118 e. The SMILES string of the molecule is CCCCCCc1cc(C2(c3ccc(O)c(CCCCCC)c3)C3CC4CC(C3)CC2C4)ccc1O. The van der Waals surface area contributed by atoms with Gasteiger partial charge in [0, 0.05) is 5.41 Å². The van der Waals surface area contributed by atoms with Gasteiger partial charge in [0.05, 0.1) is 0 Å². The van der Waals surface area contributed by atoms with Crippen LogP contribution in [0.15, 0.2) is 36.4 Å². The summed E-state index contributed by atoms with van der Waals surface area (Å²) in [5.41, 5.74) is 5.15. The van der Waals surface area contributed by atoms with Gasteiger partial charge in [-0.15, -0.1) is 0 Å². The molecule has 4 saturated carbocycles. The van der Waals surface area contributed by atoms with E-state index in [0.717, 1.165) is 48.6 Å². The molecule has 0 unspecified atom stereocenters. The van der Waals surface area contributed by atoms with Gasteiger partial charge in [-0.3, -0.25) is 0 Å². The zero-order valence-electron chi connectivity index (χ0n) is 22.8. The summed E-state index contributed by atoms with van der Waals surface area (Å²) in [6, 6.07) is 13.3. The first-order valence-corrected chi connectivity index (χ1v) is 15.2. The third-order valence-corrected chi connectivity index (χ3v) is 10.1. The van der Waals surface area contributed by atoms with Crippen molar-refractivity contribution in [3.05, 3.63) is 58.7 Å². The summed E-state index contributed by atoms with van der Waals surface area (Å²) in [5, 5.41) is 21.6. The predicted octanol–water partition coefficient (Wildman–Crippen LogP) is 9.09. The van der Waals surface area contributed by atoms with Gasteiger partial charge >= 0.3 is 0 Å². The Kier molecular flexibility index (Phi) is 7.99. The maximum Gasteiger partial charge on any atom is 0.118 e. The maximum absolute atomic E-state index is 10.8. The minimum absolute atomic E-state index is 0.0190. The number of hydrogen-bond acceptors (Lipinski definition) is 2. The average Bonchev–Trinajstić information content (AvgIpc) is 2.87. The largest absolute Gasteiger partial charge is 0.508 e. The van der Waals surface area contributed by atoms with E-state index in [1.54, 1.807) is 0 Å². The van der Waals surface area contributed by atoms with E-state index in [0.29, 0.717) is 23.3 Å². The molecule has 4 fully saturated rings. The molecule has 6 rings (SSSR count). The first kappa shape index (κ1) is 25.7. The molecule has 0 heterocycles. The van der Waals surface area contributed by atoms with E-state index in [2.05, 4.69) is 38.1 Å². The fourth-order valence-electron chi connectivity index (χ4n) is 8.61. The molecular weight excluding hydrogens is 440 g/mol. The molecule has 2 heteroatoms. The van der Waals surface area contributed by atoms with Crippen LogP contribution in [-0.4, -0.2) is 10.2 Å². The fourth-order valence-corrected chi connectivity index (χ4v) is 8.61. The van der Waals surface area contributed by atoms with E-state index < -0.39 is 0 Å². The van der Waals surface area contributed by atoms with Gasteiger partial charge in [0.15, 0.2) is 0 Å². The van der Waals surface area contributed by atoms with Gasteiger partial charge in [0.2, 0.25) is 0 Å². The highest BCUT2D eigenvalue weighted by molar-refractivity contribution is 5.51. The van der Waals surface area contributed by atoms with Crippen molar-refractivity contribution in [2.45, 2.75) is 116 Å². The highest BCUT2D eigenvalue weighted by Crippen LogP contribution is 2.65. The molecule has 0 saturated heterocycles. The second-order valence-electron chi connectivity index (χ2n) is 12.5. The van der Waals surface area contributed by atoms with Crippen molar-refractivity contribution < 1.29 is 10.2 Å². The molecule has 2 aromatic carbocycles. The van der Waals surface area contributed by atoms with Gasteiger partial charge in [0.1, 0.15) is 11.5 Å². The van der Waals surface area contributed by atoms with E-state index in [9.17, 15) is 10.2 Å². The number of phenols is 2. The molecule has 2 N–H and O–H groups in total. The van der Waals surface area contributed by atoms with Crippen LogP contribution in [0.3, 0.4) is 0 Å². The van der Waals surface area contributed by atoms with E-state index in [1.165, 1.54) is 81.8 Å². The number of hydrogen-bond donors (Lipinski definition) is 2. The molecule has 196 valence electrons.